The second-order valence-electron chi connectivity index (χ2n) is 4.68. The third kappa shape index (κ3) is 5.36. The van der Waals surface area contributed by atoms with Crippen molar-refractivity contribution in [2.24, 2.45) is 10.9 Å². The first kappa shape index (κ1) is 16.8. The van der Waals surface area contributed by atoms with E-state index < -0.39 is 0 Å². The molecule has 1 aliphatic rings. The zero-order valence-corrected chi connectivity index (χ0v) is 12.9. The molecule has 1 saturated heterocycles. The zero-order valence-electron chi connectivity index (χ0n) is 12.9. The van der Waals surface area contributed by atoms with Crippen LogP contribution in [0.5, 0.6) is 0 Å². The Morgan fingerprint density at radius 1 is 1.30 bits per heavy atom. The van der Waals surface area contributed by atoms with E-state index in [9.17, 15) is 4.79 Å². The highest BCUT2D eigenvalue weighted by molar-refractivity contribution is 5.80. The summed E-state index contributed by atoms with van der Waals surface area (Å²) in [5.74, 6) is 0.853. The molecular weight excluding hydrogens is 258 g/mol. The molecule has 0 atom stereocenters. The first-order valence-corrected chi connectivity index (χ1v) is 7.42. The number of ether oxygens (including phenoxy) is 2. The zero-order chi connectivity index (χ0) is 14.8. The summed E-state index contributed by atoms with van der Waals surface area (Å²) in [4.78, 5) is 18.1. The Morgan fingerprint density at radius 3 is 2.55 bits per heavy atom. The highest BCUT2D eigenvalue weighted by atomic mass is 16.5. The number of aliphatic imine (C=N–C) groups is 1. The van der Waals surface area contributed by atoms with Crippen molar-refractivity contribution < 1.29 is 14.3 Å². The third-order valence-corrected chi connectivity index (χ3v) is 3.36. The fraction of sp³-hybridized carbons (Fsp3) is 0.857. The molecule has 0 spiro atoms. The summed E-state index contributed by atoms with van der Waals surface area (Å²) in [6.45, 7) is 8.10. The van der Waals surface area contributed by atoms with Crippen LogP contribution in [0.4, 0.5) is 0 Å². The number of carbonyl (C=O) groups excluding carboxylic acids is 1. The fourth-order valence-electron chi connectivity index (χ4n) is 2.30. The van der Waals surface area contributed by atoms with Crippen molar-refractivity contribution in [1.29, 1.82) is 0 Å². The minimum Gasteiger partial charge on any atom is -0.466 e. The van der Waals surface area contributed by atoms with Gasteiger partial charge in [-0.25, -0.2) is 0 Å². The van der Waals surface area contributed by atoms with E-state index in [-0.39, 0.29) is 11.9 Å². The lowest BCUT2D eigenvalue weighted by Crippen LogP contribution is -2.47. The number of likely N-dealkylation sites (tertiary alicyclic amines) is 1. The van der Waals surface area contributed by atoms with Gasteiger partial charge in [-0.2, -0.15) is 0 Å². The molecule has 6 heteroatoms. The van der Waals surface area contributed by atoms with Gasteiger partial charge in [-0.05, 0) is 26.7 Å². The molecule has 20 heavy (non-hydrogen) atoms. The molecule has 0 radical (unpaired) electrons. The first-order chi connectivity index (χ1) is 9.72. The summed E-state index contributed by atoms with van der Waals surface area (Å²) >= 11 is 0. The van der Waals surface area contributed by atoms with Crippen LogP contribution < -0.4 is 5.32 Å². The van der Waals surface area contributed by atoms with Gasteiger partial charge in [0.2, 0.25) is 0 Å². The van der Waals surface area contributed by atoms with E-state index in [2.05, 4.69) is 15.2 Å². The minimum atomic E-state index is -0.0635. The molecule has 0 amide bonds. The lowest BCUT2D eigenvalue weighted by Gasteiger charge is -2.33. The van der Waals surface area contributed by atoms with Gasteiger partial charge in [-0.3, -0.25) is 9.79 Å². The van der Waals surface area contributed by atoms with Crippen LogP contribution in [-0.2, 0) is 14.3 Å². The molecule has 6 nitrogen and oxygen atoms in total. The van der Waals surface area contributed by atoms with Gasteiger partial charge in [0.05, 0.1) is 19.1 Å². The van der Waals surface area contributed by atoms with E-state index in [1.165, 1.54) is 0 Å². The Hall–Kier alpha value is -1.30. The maximum atomic E-state index is 11.7. The molecular formula is C14H27N3O3. The van der Waals surface area contributed by atoms with Crippen LogP contribution >= 0.6 is 0 Å². The Kier molecular flexibility index (Phi) is 8.02. The van der Waals surface area contributed by atoms with Crippen LogP contribution in [0.15, 0.2) is 4.99 Å². The molecule has 1 heterocycles. The summed E-state index contributed by atoms with van der Waals surface area (Å²) < 4.78 is 10.4. The number of esters is 1. The quantitative estimate of drug-likeness (QED) is 0.340. The third-order valence-electron chi connectivity index (χ3n) is 3.36. The Balaban J connectivity index is 2.33. The molecule has 0 bridgehead atoms. The summed E-state index contributed by atoms with van der Waals surface area (Å²) in [7, 11) is 1.78. The molecule has 116 valence electrons. The van der Waals surface area contributed by atoms with Crippen molar-refractivity contribution in [3.8, 4) is 0 Å². The number of piperidine rings is 1. The number of nitrogens with one attached hydrogen (secondary N) is 1. The lowest BCUT2D eigenvalue weighted by atomic mass is 9.97. The summed E-state index contributed by atoms with van der Waals surface area (Å²) in [6.07, 6.45) is 1.65. The van der Waals surface area contributed by atoms with E-state index in [1.807, 2.05) is 13.8 Å². The predicted molar refractivity (Wildman–Crippen MR) is 78.8 cm³/mol. The number of rotatable bonds is 6. The standard InChI is InChI=1S/C14H27N3O3/c1-4-19-11-8-16-14(15-3)17-9-6-12(7-10-17)13(18)20-5-2/h12H,4-11H2,1-3H3,(H,15,16). The van der Waals surface area contributed by atoms with Crippen molar-refractivity contribution in [3.63, 3.8) is 0 Å². The fourth-order valence-corrected chi connectivity index (χ4v) is 2.30. The van der Waals surface area contributed by atoms with Crippen molar-refractivity contribution in [2.45, 2.75) is 26.7 Å². The van der Waals surface area contributed by atoms with Crippen LogP contribution in [0.1, 0.15) is 26.7 Å². The number of guanidine groups is 1. The van der Waals surface area contributed by atoms with Gasteiger partial charge >= 0.3 is 5.97 Å². The van der Waals surface area contributed by atoms with Gasteiger partial charge in [-0.1, -0.05) is 0 Å². The van der Waals surface area contributed by atoms with Gasteiger partial charge in [0.1, 0.15) is 0 Å². The van der Waals surface area contributed by atoms with Crippen molar-refractivity contribution >= 4 is 11.9 Å². The van der Waals surface area contributed by atoms with Crippen LogP contribution in [0.3, 0.4) is 0 Å². The first-order valence-electron chi connectivity index (χ1n) is 7.42. The predicted octanol–water partition coefficient (Wildman–Crippen LogP) is 0.873. The second-order valence-corrected chi connectivity index (χ2v) is 4.68. The van der Waals surface area contributed by atoms with Crippen LogP contribution in [-0.4, -0.2) is 63.3 Å². The normalized spacial score (nSPS) is 17.1. The molecule has 0 aromatic rings. The highest BCUT2D eigenvalue weighted by Gasteiger charge is 2.27. The Bertz CT molecular complexity index is 313. The molecule has 0 aliphatic carbocycles. The SMILES string of the molecule is CCOCCNC(=NC)N1CCC(C(=O)OCC)CC1. The van der Waals surface area contributed by atoms with Gasteiger partial charge < -0.3 is 19.7 Å². The number of hydrogen-bond acceptors (Lipinski definition) is 4. The van der Waals surface area contributed by atoms with Gasteiger partial charge in [0, 0.05) is 33.3 Å². The molecule has 0 aromatic heterocycles. The molecule has 1 fully saturated rings. The highest BCUT2D eigenvalue weighted by Crippen LogP contribution is 2.18. The number of nitrogens with zero attached hydrogens (tertiary/aromatic N) is 2. The van der Waals surface area contributed by atoms with Crippen molar-refractivity contribution in [3.05, 3.63) is 0 Å². The topological polar surface area (TPSA) is 63.2 Å². The van der Waals surface area contributed by atoms with Crippen LogP contribution in [0.25, 0.3) is 0 Å². The average Bonchev–Trinajstić information content (AvgIpc) is 2.48. The van der Waals surface area contributed by atoms with Crippen LogP contribution in [0, 0.1) is 5.92 Å². The molecule has 1 N–H and O–H groups in total. The average molecular weight is 285 g/mol. The van der Waals surface area contributed by atoms with Crippen molar-refractivity contribution in [1.82, 2.24) is 10.2 Å². The molecule has 1 rings (SSSR count). The van der Waals surface area contributed by atoms with Gasteiger partial charge in [-0.15, -0.1) is 0 Å². The van der Waals surface area contributed by atoms with E-state index >= 15 is 0 Å². The van der Waals surface area contributed by atoms with Crippen LogP contribution in [0.2, 0.25) is 0 Å². The Labute approximate surface area is 121 Å². The number of hydrogen-bond donors (Lipinski definition) is 1. The summed E-state index contributed by atoms with van der Waals surface area (Å²) in [5.41, 5.74) is 0. The Morgan fingerprint density at radius 2 is 2.00 bits per heavy atom. The van der Waals surface area contributed by atoms with Gasteiger partial charge in [0.25, 0.3) is 0 Å². The van der Waals surface area contributed by atoms with Gasteiger partial charge in [0.15, 0.2) is 5.96 Å². The number of carbonyl (C=O) groups is 1. The smallest absolute Gasteiger partial charge is 0.309 e. The molecule has 0 unspecified atom stereocenters. The molecule has 0 saturated carbocycles. The largest absolute Gasteiger partial charge is 0.466 e. The van der Waals surface area contributed by atoms with E-state index in [0.29, 0.717) is 13.2 Å². The molecule has 1 aliphatic heterocycles. The maximum absolute atomic E-state index is 11.7. The maximum Gasteiger partial charge on any atom is 0.309 e. The summed E-state index contributed by atoms with van der Waals surface area (Å²) in [6, 6.07) is 0. The second kappa shape index (κ2) is 9.58. The summed E-state index contributed by atoms with van der Waals surface area (Å²) in [5, 5.41) is 3.28. The van der Waals surface area contributed by atoms with E-state index in [1.54, 1.807) is 7.05 Å². The van der Waals surface area contributed by atoms with E-state index in [4.69, 9.17) is 9.47 Å². The lowest BCUT2D eigenvalue weighted by molar-refractivity contribution is -0.149. The minimum absolute atomic E-state index is 0.0349. The molecule has 0 aromatic carbocycles. The monoisotopic (exact) mass is 285 g/mol. The van der Waals surface area contributed by atoms with E-state index in [0.717, 1.165) is 45.0 Å². The van der Waals surface area contributed by atoms with Crippen molar-refractivity contribution in [2.75, 3.05) is 46.5 Å².